The molecule has 1 spiro atoms. The molecular weight excluding hydrogens is 538 g/mol. The highest BCUT2D eigenvalue weighted by Gasteiger charge is 2.51. The zero-order valence-corrected chi connectivity index (χ0v) is 22.4. The molecule has 5 rings (SSSR count). The van der Waals surface area contributed by atoms with Gasteiger partial charge in [0.2, 0.25) is 14.7 Å². The van der Waals surface area contributed by atoms with Crippen molar-refractivity contribution in [1.29, 1.82) is 0 Å². The highest BCUT2D eigenvalue weighted by atomic mass is 32.2. The molecule has 2 unspecified atom stereocenters. The summed E-state index contributed by atoms with van der Waals surface area (Å²) in [6, 6.07) is 14.7. The molecular formula is C26H31N7O6S. The Bertz CT molecular complexity index is 1460. The van der Waals surface area contributed by atoms with Gasteiger partial charge in [0.15, 0.2) is 11.6 Å². The lowest BCUT2D eigenvalue weighted by molar-refractivity contribution is -0.139. The number of aliphatic carboxylic acids is 1. The van der Waals surface area contributed by atoms with Crippen LogP contribution in [0.3, 0.4) is 0 Å². The molecule has 40 heavy (non-hydrogen) atoms. The Labute approximate surface area is 231 Å². The fraction of sp³-hybridized carbons (Fsp3) is 0.385. The number of amides is 1. The van der Waals surface area contributed by atoms with E-state index in [0.717, 1.165) is 19.0 Å². The van der Waals surface area contributed by atoms with E-state index in [1.165, 1.54) is 12.1 Å². The van der Waals surface area contributed by atoms with Gasteiger partial charge in [-0.05, 0) is 11.6 Å². The van der Waals surface area contributed by atoms with E-state index in [0.29, 0.717) is 30.6 Å². The van der Waals surface area contributed by atoms with E-state index in [1.807, 2.05) is 0 Å². The van der Waals surface area contributed by atoms with E-state index in [-0.39, 0.29) is 23.1 Å². The van der Waals surface area contributed by atoms with Crippen LogP contribution in [0.5, 0.6) is 0 Å². The Hall–Kier alpha value is -4.01. The lowest BCUT2D eigenvalue weighted by Crippen LogP contribution is -2.61. The minimum atomic E-state index is -4.68. The van der Waals surface area contributed by atoms with Gasteiger partial charge in [-0.25, -0.2) is 13.2 Å². The third kappa shape index (κ3) is 5.24. The van der Waals surface area contributed by atoms with Gasteiger partial charge in [-0.1, -0.05) is 53.7 Å². The van der Waals surface area contributed by atoms with Crippen molar-refractivity contribution in [2.45, 2.75) is 34.3 Å². The lowest BCUT2D eigenvalue weighted by atomic mass is 9.94. The summed E-state index contributed by atoms with van der Waals surface area (Å²) < 4.78 is 27.4. The molecule has 1 saturated heterocycles. The van der Waals surface area contributed by atoms with Gasteiger partial charge in [-0.2, -0.15) is 0 Å². The van der Waals surface area contributed by atoms with Gasteiger partial charge in [-0.3, -0.25) is 9.79 Å². The van der Waals surface area contributed by atoms with E-state index in [4.69, 9.17) is 10.6 Å². The predicted octanol–water partition coefficient (Wildman–Crippen LogP) is -0.591. The average Bonchev–Trinajstić information content (AvgIpc) is 3.73. The van der Waals surface area contributed by atoms with Crippen LogP contribution >= 0.6 is 0 Å². The van der Waals surface area contributed by atoms with Gasteiger partial charge < -0.3 is 36.9 Å². The van der Waals surface area contributed by atoms with Gasteiger partial charge in [0, 0.05) is 44.1 Å². The summed E-state index contributed by atoms with van der Waals surface area (Å²) >= 11 is 0. The second-order valence-corrected chi connectivity index (χ2v) is 12.2. The monoisotopic (exact) mass is 569 g/mol. The second-order valence-electron chi connectivity index (χ2n) is 10.1. The van der Waals surface area contributed by atoms with Crippen LogP contribution in [0.1, 0.15) is 12.8 Å². The molecule has 3 heterocycles. The largest absolute Gasteiger partial charge is 0.479 e. The Kier molecular flexibility index (Phi) is 7.49. The number of aliphatic imine (C=N–C) groups is 1. The number of nitrogens with one attached hydrogen (secondary N) is 4. The van der Waals surface area contributed by atoms with Crippen molar-refractivity contribution >= 4 is 33.4 Å². The molecule has 212 valence electrons. The molecule has 2 aromatic rings. The molecule has 0 aliphatic carbocycles. The highest BCUT2D eigenvalue weighted by Crippen LogP contribution is 2.34. The maximum Gasteiger partial charge on any atom is 0.341 e. The zero-order valence-electron chi connectivity index (χ0n) is 21.6. The van der Waals surface area contributed by atoms with E-state index in [2.05, 4.69) is 31.4 Å². The van der Waals surface area contributed by atoms with Crippen molar-refractivity contribution in [3.05, 3.63) is 54.6 Å². The van der Waals surface area contributed by atoms with Gasteiger partial charge in [0.05, 0.1) is 18.0 Å². The minimum absolute atomic E-state index is 0.0343. The number of sulfone groups is 1. The van der Waals surface area contributed by atoms with Gasteiger partial charge in [-0.15, -0.1) is 0 Å². The van der Waals surface area contributed by atoms with Crippen LogP contribution in [0.15, 0.2) is 69.6 Å². The lowest BCUT2D eigenvalue weighted by Gasteiger charge is -2.26. The Balaban J connectivity index is 1.25. The van der Waals surface area contributed by atoms with Crippen LogP contribution in [-0.4, -0.2) is 86.3 Å². The zero-order chi connectivity index (χ0) is 28.4. The molecule has 1 amide bonds. The number of hydrogen-bond donors (Lipinski definition) is 6. The first kappa shape index (κ1) is 27.6. The third-order valence-corrected chi connectivity index (χ3v) is 9.45. The van der Waals surface area contributed by atoms with Gasteiger partial charge in [0.1, 0.15) is 5.71 Å². The molecule has 3 atom stereocenters. The van der Waals surface area contributed by atoms with Crippen LogP contribution in [-0.2, 0) is 24.3 Å². The van der Waals surface area contributed by atoms with Crippen molar-refractivity contribution < 1.29 is 28.0 Å². The number of guanidine groups is 1. The summed E-state index contributed by atoms with van der Waals surface area (Å²) in [5, 5.41) is 26.0. The summed E-state index contributed by atoms with van der Waals surface area (Å²) in [4.78, 5) is 32.1. The molecule has 0 bridgehead atoms. The van der Waals surface area contributed by atoms with E-state index >= 15 is 0 Å². The van der Waals surface area contributed by atoms with Crippen LogP contribution in [0.25, 0.3) is 11.1 Å². The number of nitrogens with two attached hydrogens (primary N) is 1. The summed E-state index contributed by atoms with van der Waals surface area (Å²) in [5.41, 5.74) is 6.24. The van der Waals surface area contributed by atoms with Crippen LogP contribution < -0.4 is 27.0 Å². The predicted molar refractivity (Wildman–Crippen MR) is 147 cm³/mol. The molecule has 3 aliphatic rings. The van der Waals surface area contributed by atoms with Gasteiger partial charge in [0.25, 0.3) is 5.91 Å². The molecule has 0 saturated carbocycles. The number of hydrogen-bond acceptors (Lipinski definition) is 11. The topological polar surface area (TPSA) is 197 Å². The molecule has 2 aromatic carbocycles. The first-order valence-electron chi connectivity index (χ1n) is 12.8. The van der Waals surface area contributed by atoms with Crippen LogP contribution in [0, 0.1) is 0 Å². The molecule has 0 aromatic heterocycles. The first-order chi connectivity index (χ1) is 19.1. The summed E-state index contributed by atoms with van der Waals surface area (Å²) in [6.45, 7) is 1.72. The molecule has 1 fully saturated rings. The number of carbonyl (C=O) groups is 2. The van der Waals surface area contributed by atoms with Crippen molar-refractivity contribution in [3.63, 3.8) is 0 Å². The number of carboxylic acid groups (broad SMARTS) is 1. The number of rotatable bonds is 9. The molecule has 3 aliphatic heterocycles. The number of carboxylic acids is 1. The Morgan fingerprint density at radius 1 is 1.18 bits per heavy atom. The summed E-state index contributed by atoms with van der Waals surface area (Å²) in [7, 11) is -4.68. The molecule has 0 radical (unpaired) electrons. The smallest absolute Gasteiger partial charge is 0.341 e. The van der Waals surface area contributed by atoms with Crippen molar-refractivity contribution in [2.24, 2.45) is 15.9 Å². The normalized spacial score (nSPS) is 23.5. The highest BCUT2D eigenvalue weighted by molar-refractivity contribution is 7.93. The number of nitrogens with zero attached hydrogens (tertiary/aromatic N) is 2. The fourth-order valence-electron chi connectivity index (χ4n) is 5.00. The Morgan fingerprint density at radius 2 is 1.93 bits per heavy atom. The van der Waals surface area contributed by atoms with Crippen molar-refractivity contribution in [1.82, 2.24) is 21.3 Å². The standard InChI is InChI=1S/C26H31N7O6S/c27-26(23(35)36,40(37,38)21-9-5-4-8-19(21)17-6-2-1-3-7-17)16-32-22(34)20-13-25(39-33-20)12-18(31-15-25)14-30-24-28-10-11-29-24/h1-9,18,31H,10-16,27H2,(H,32,34)(H,35,36)(H2,28,29,30)/t18?,25?,26-/m0/s1. The number of oxime groups is 1. The molecule has 7 N–H and O–H groups in total. The number of carbonyl (C=O) groups excluding carboxylic acids is 1. The van der Waals surface area contributed by atoms with E-state index in [1.54, 1.807) is 42.5 Å². The van der Waals surface area contributed by atoms with E-state index in [9.17, 15) is 23.1 Å². The maximum atomic E-state index is 13.7. The van der Waals surface area contributed by atoms with Gasteiger partial charge >= 0.3 is 5.97 Å². The van der Waals surface area contributed by atoms with Crippen molar-refractivity contribution in [2.75, 3.05) is 32.7 Å². The third-order valence-electron chi connectivity index (χ3n) is 7.24. The Morgan fingerprint density at radius 3 is 2.65 bits per heavy atom. The van der Waals surface area contributed by atoms with E-state index < -0.39 is 38.7 Å². The number of benzene rings is 2. The summed E-state index contributed by atoms with van der Waals surface area (Å²) in [5.74, 6) is -1.80. The quantitative estimate of drug-likeness (QED) is 0.227. The average molecular weight is 570 g/mol. The van der Waals surface area contributed by atoms with Crippen LogP contribution in [0.4, 0.5) is 0 Å². The summed E-state index contributed by atoms with van der Waals surface area (Å²) in [6.07, 6.45) is 0.754. The first-order valence-corrected chi connectivity index (χ1v) is 14.3. The van der Waals surface area contributed by atoms with Crippen molar-refractivity contribution in [3.8, 4) is 11.1 Å². The van der Waals surface area contributed by atoms with Crippen LogP contribution in [0.2, 0.25) is 0 Å². The maximum absolute atomic E-state index is 13.7. The fourth-order valence-corrected chi connectivity index (χ4v) is 6.62. The second kappa shape index (κ2) is 10.9. The molecule has 14 heteroatoms. The SMILES string of the molecule is N[C@](CNC(=O)C1=NOC2(CNC(CNC3=NCCN3)C2)C1)(C(=O)O)S(=O)(=O)c1ccccc1-c1ccccc1. The molecule has 13 nitrogen and oxygen atoms in total. The minimum Gasteiger partial charge on any atom is -0.479 e.